The van der Waals surface area contributed by atoms with Crippen LogP contribution in [0, 0.1) is 5.41 Å². The van der Waals surface area contributed by atoms with Gasteiger partial charge in [0.05, 0.1) is 5.41 Å². The van der Waals surface area contributed by atoms with Crippen LogP contribution in [0.3, 0.4) is 0 Å². The molecule has 1 atom stereocenters. The summed E-state index contributed by atoms with van der Waals surface area (Å²) >= 11 is 0. The fraction of sp³-hybridized carbons (Fsp3) is 0.900. The molecular formula is C10H17NO2. The minimum absolute atomic E-state index is 0.00435. The maximum atomic E-state index is 11.7. The highest BCUT2D eigenvalue weighted by molar-refractivity contribution is 5.80. The van der Waals surface area contributed by atoms with Crippen molar-refractivity contribution in [2.75, 3.05) is 13.1 Å². The summed E-state index contributed by atoms with van der Waals surface area (Å²) in [7, 11) is 0. The van der Waals surface area contributed by atoms with Crippen molar-refractivity contribution in [3.05, 3.63) is 0 Å². The number of carbonyl (C=O) groups excluding carboxylic acids is 1. The third-order valence-corrected chi connectivity index (χ3v) is 3.04. The highest BCUT2D eigenvalue weighted by Crippen LogP contribution is 2.44. The van der Waals surface area contributed by atoms with Gasteiger partial charge < -0.3 is 10.1 Å². The van der Waals surface area contributed by atoms with E-state index in [1.165, 1.54) is 0 Å². The Morgan fingerprint density at radius 1 is 1.46 bits per heavy atom. The van der Waals surface area contributed by atoms with Crippen LogP contribution in [0.4, 0.5) is 0 Å². The van der Waals surface area contributed by atoms with E-state index in [1.54, 1.807) is 0 Å². The van der Waals surface area contributed by atoms with Crippen LogP contribution in [0.25, 0.3) is 0 Å². The summed E-state index contributed by atoms with van der Waals surface area (Å²) in [6, 6.07) is 0. The summed E-state index contributed by atoms with van der Waals surface area (Å²) in [6.07, 6.45) is 2.94. The molecule has 2 aliphatic heterocycles. The van der Waals surface area contributed by atoms with Crippen molar-refractivity contribution in [1.82, 2.24) is 5.32 Å². The predicted molar refractivity (Wildman–Crippen MR) is 49.3 cm³/mol. The molecule has 1 spiro atoms. The lowest BCUT2D eigenvalue weighted by molar-refractivity contribution is -0.152. The Labute approximate surface area is 78.8 Å². The topological polar surface area (TPSA) is 38.3 Å². The van der Waals surface area contributed by atoms with Gasteiger partial charge in [-0.1, -0.05) is 0 Å². The molecule has 0 aromatic carbocycles. The number of hydrogen-bond acceptors (Lipinski definition) is 3. The number of hydrogen-bond donors (Lipinski definition) is 1. The third-order valence-electron chi connectivity index (χ3n) is 3.04. The van der Waals surface area contributed by atoms with Gasteiger partial charge in [0.1, 0.15) is 5.60 Å². The van der Waals surface area contributed by atoms with Crippen LogP contribution < -0.4 is 5.32 Å². The van der Waals surface area contributed by atoms with E-state index < -0.39 is 0 Å². The Morgan fingerprint density at radius 2 is 2.23 bits per heavy atom. The second-order valence-electron chi connectivity index (χ2n) is 4.89. The molecular weight excluding hydrogens is 166 g/mol. The lowest BCUT2D eigenvalue weighted by Crippen LogP contribution is -2.43. The normalized spacial score (nSPS) is 37.8. The average Bonchev–Trinajstić information content (AvgIpc) is 2.23. The van der Waals surface area contributed by atoms with E-state index in [9.17, 15) is 4.79 Å². The zero-order valence-electron chi connectivity index (χ0n) is 8.35. The van der Waals surface area contributed by atoms with Crippen molar-refractivity contribution in [1.29, 1.82) is 0 Å². The van der Waals surface area contributed by atoms with E-state index in [4.69, 9.17) is 4.74 Å². The van der Waals surface area contributed by atoms with E-state index in [0.717, 1.165) is 32.4 Å². The largest absolute Gasteiger partial charge is 0.459 e. The predicted octanol–water partition coefficient (Wildman–Crippen LogP) is 1.08. The van der Waals surface area contributed by atoms with E-state index in [-0.39, 0.29) is 17.0 Å². The maximum Gasteiger partial charge on any atom is 0.314 e. The van der Waals surface area contributed by atoms with Crippen LogP contribution in [-0.2, 0) is 9.53 Å². The van der Waals surface area contributed by atoms with Crippen molar-refractivity contribution >= 4 is 5.97 Å². The van der Waals surface area contributed by atoms with Crippen LogP contribution >= 0.6 is 0 Å². The summed E-state index contributed by atoms with van der Waals surface area (Å²) in [5.41, 5.74) is -0.460. The van der Waals surface area contributed by atoms with E-state index in [0.29, 0.717) is 0 Å². The summed E-state index contributed by atoms with van der Waals surface area (Å²) in [5, 5.41) is 3.28. The molecule has 2 heterocycles. The molecule has 0 aromatic heterocycles. The number of nitrogens with one attached hydrogen (secondary N) is 1. The van der Waals surface area contributed by atoms with Gasteiger partial charge in [0.15, 0.2) is 0 Å². The van der Waals surface area contributed by atoms with Crippen molar-refractivity contribution in [3.8, 4) is 0 Å². The first-order valence-corrected chi connectivity index (χ1v) is 4.98. The average molecular weight is 183 g/mol. The third kappa shape index (κ3) is 1.46. The van der Waals surface area contributed by atoms with Crippen LogP contribution in [-0.4, -0.2) is 24.7 Å². The second-order valence-corrected chi connectivity index (χ2v) is 4.89. The number of ether oxygens (including phenoxy) is 1. The molecule has 74 valence electrons. The van der Waals surface area contributed by atoms with Gasteiger partial charge in [-0.05, 0) is 33.2 Å². The smallest absolute Gasteiger partial charge is 0.314 e. The molecule has 2 aliphatic rings. The highest BCUT2D eigenvalue weighted by Gasteiger charge is 2.52. The minimum Gasteiger partial charge on any atom is -0.459 e. The van der Waals surface area contributed by atoms with Gasteiger partial charge in [0.25, 0.3) is 0 Å². The van der Waals surface area contributed by atoms with E-state index in [1.807, 2.05) is 13.8 Å². The molecule has 0 radical (unpaired) electrons. The molecule has 2 saturated heterocycles. The van der Waals surface area contributed by atoms with Gasteiger partial charge in [-0.25, -0.2) is 0 Å². The Bertz CT molecular complexity index is 229. The number of esters is 1. The summed E-state index contributed by atoms with van der Waals surface area (Å²) in [6.45, 7) is 5.83. The molecule has 0 saturated carbocycles. The number of carbonyl (C=O) groups is 1. The van der Waals surface area contributed by atoms with Crippen molar-refractivity contribution < 1.29 is 9.53 Å². The SMILES string of the molecule is CC1(C)C[C@@]2(CCCNC2)C(=O)O1. The molecule has 0 amide bonds. The summed E-state index contributed by atoms with van der Waals surface area (Å²) < 4.78 is 5.36. The molecule has 2 rings (SSSR count). The maximum absolute atomic E-state index is 11.7. The molecule has 0 aromatic rings. The monoisotopic (exact) mass is 183 g/mol. The standard InChI is InChI=1S/C10H17NO2/c1-9(2)6-10(8(12)13-9)4-3-5-11-7-10/h11H,3-7H2,1-2H3/t10-/m1/s1. The lowest BCUT2D eigenvalue weighted by atomic mass is 9.76. The van der Waals surface area contributed by atoms with Crippen LogP contribution in [0.2, 0.25) is 0 Å². The molecule has 3 heteroatoms. The Morgan fingerprint density at radius 3 is 2.69 bits per heavy atom. The molecule has 2 fully saturated rings. The lowest BCUT2D eigenvalue weighted by Gasteiger charge is -2.30. The van der Waals surface area contributed by atoms with E-state index >= 15 is 0 Å². The zero-order chi connectivity index (χ0) is 9.53. The highest BCUT2D eigenvalue weighted by atomic mass is 16.6. The minimum atomic E-state index is -0.254. The van der Waals surface area contributed by atoms with E-state index in [2.05, 4.69) is 5.32 Å². The first-order valence-electron chi connectivity index (χ1n) is 4.98. The summed E-state index contributed by atoms with van der Waals surface area (Å²) in [4.78, 5) is 11.7. The number of rotatable bonds is 0. The first kappa shape index (κ1) is 9.00. The zero-order valence-corrected chi connectivity index (χ0v) is 8.35. The second kappa shape index (κ2) is 2.71. The molecule has 1 N–H and O–H groups in total. The van der Waals surface area contributed by atoms with Gasteiger partial charge in [0.2, 0.25) is 0 Å². The van der Waals surface area contributed by atoms with Crippen LogP contribution in [0.15, 0.2) is 0 Å². The first-order chi connectivity index (χ1) is 6.04. The van der Waals surface area contributed by atoms with Crippen molar-refractivity contribution in [2.45, 2.75) is 38.7 Å². The quantitative estimate of drug-likeness (QED) is 0.571. The fourth-order valence-electron chi connectivity index (χ4n) is 2.58. The van der Waals surface area contributed by atoms with Crippen LogP contribution in [0.5, 0.6) is 0 Å². The molecule has 13 heavy (non-hydrogen) atoms. The van der Waals surface area contributed by atoms with Gasteiger partial charge >= 0.3 is 5.97 Å². The van der Waals surface area contributed by atoms with Gasteiger partial charge in [-0.3, -0.25) is 4.79 Å². The molecule has 0 aliphatic carbocycles. The van der Waals surface area contributed by atoms with Gasteiger partial charge in [-0.2, -0.15) is 0 Å². The summed E-state index contributed by atoms with van der Waals surface area (Å²) in [5.74, 6) is 0.00435. The van der Waals surface area contributed by atoms with Crippen LogP contribution in [0.1, 0.15) is 33.1 Å². The Balaban J connectivity index is 2.18. The van der Waals surface area contributed by atoms with Crippen molar-refractivity contribution in [2.24, 2.45) is 5.41 Å². The van der Waals surface area contributed by atoms with Gasteiger partial charge in [0, 0.05) is 13.0 Å². The fourth-order valence-corrected chi connectivity index (χ4v) is 2.58. The number of piperidine rings is 1. The molecule has 0 unspecified atom stereocenters. The Kier molecular flexibility index (Phi) is 1.88. The Hall–Kier alpha value is -0.570. The van der Waals surface area contributed by atoms with Gasteiger partial charge in [-0.15, -0.1) is 0 Å². The van der Waals surface area contributed by atoms with Crippen molar-refractivity contribution in [3.63, 3.8) is 0 Å². The molecule has 0 bridgehead atoms. The molecule has 3 nitrogen and oxygen atoms in total. The number of cyclic esters (lactones) is 1.